The average Bonchev–Trinajstić information content (AvgIpc) is 2.61. The molecule has 0 bridgehead atoms. The predicted octanol–water partition coefficient (Wildman–Crippen LogP) is 1.24. The van der Waals surface area contributed by atoms with E-state index in [0.717, 1.165) is 16.7 Å². The molecule has 13 heavy (non-hydrogen) atoms. The Morgan fingerprint density at radius 1 is 1.46 bits per heavy atom. The van der Waals surface area contributed by atoms with Crippen molar-refractivity contribution < 1.29 is 0 Å². The molecule has 1 N–H and O–H groups in total. The summed E-state index contributed by atoms with van der Waals surface area (Å²) in [5, 5.41) is 0. The van der Waals surface area contributed by atoms with Gasteiger partial charge in [0.15, 0.2) is 5.65 Å². The van der Waals surface area contributed by atoms with E-state index in [-0.39, 0.29) is 0 Å². The number of hydrogen-bond donors (Lipinski definition) is 2. The second-order valence-electron chi connectivity index (χ2n) is 2.46. The fraction of sp³-hybridized carbons (Fsp3) is 0.111. The molecular weight excluding hydrogens is 182 g/mol. The first kappa shape index (κ1) is 8.14. The van der Waals surface area contributed by atoms with Crippen LogP contribution in [0.3, 0.4) is 0 Å². The van der Waals surface area contributed by atoms with Crippen LogP contribution in [-0.2, 0) is 0 Å². The van der Waals surface area contributed by atoms with Crippen molar-refractivity contribution in [3.63, 3.8) is 0 Å². The lowest BCUT2D eigenvalue weighted by Gasteiger charge is -1.88. The highest BCUT2D eigenvalue weighted by Crippen LogP contribution is 2.06. The molecule has 2 aromatic rings. The van der Waals surface area contributed by atoms with Crippen molar-refractivity contribution in [1.82, 2.24) is 15.0 Å². The van der Waals surface area contributed by atoms with E-state index in [2.05, 4.69) is 39.4 Å². The van der Waals surface area contributed by atoms with E-state index in [1.54, 1.807) is 12.5 Å². The molecule has 0 aliphatic heterocycles. The minimum atomic E-state index is 0.557. The summed E-state index contributed by atoms with van der Waals surface area (Å²) in [6.07, 6.45) is 3.33. The topological polar surface area (TPSA) is 41.6 Å². The van der Waals surface area contributed by atoms with Gasteiger partial charge in [-0.2, -0.15) is 12.6 Å². The summed E-state index contributed by atoms with van der Waals surface area (Å²) in [6.45, 7) is 0. The van der Waals surface area contributed by atoms with Crippen molar-refractivity contribution >= 4 is 23.8 Å². The third-order valence-electron chi connectivity index (χ3n) is 1.59. The number of nitrogens with zero attached hydrogens (tertiary/aromatic N) is 2. The molecule has 0 unspecified atom stereocenters. The lowest BCUT2D eigenvalue weighted by molar-refractivity contribution is 1.30. The minimum Gasteiger partial charge on any atom is -0.343 e. The standard InChI is InChI=1S/C9H7N3S/c13-3-1-2-7-4-8-9(10-5-7)12-6-11-8/h4-6,13H,3H2,(H,10,11,12). The zero-order valence-electron chi connectivity index (χ0n) is 6.78. The van der Waals surface area contributed by atoms with Gasteiger partial charge in [-0.05, 0) is 6.07 Å². The number of aromatic amines is 1. The molecule has 0 aliphatic carbocycles. The number of imidazole rings is 1. The van der Waals surface area contributed by atoms with Gasteiger partial charge in [-0.1, -0.05) is 11.8 Å². The molecule has 0 amide bonds. The molecule has 2 aromatic heterocycles. The van der Waals surface area contributed by atoms with Crippen molar-refractivity contribution in [2.45, 2.75) is 0 Å². The molecule has 0 atom stereocenters. The molecule has 0 spiro atoms. The molecule has 64 valence electrons. The maximum atomic E-state index is 4.12. The summed E-state index contributed by atoms with van der Waals surface area (Å²) in [5.74, 6) is 6.36. The van der Waals surface area contributed by atoms with Crippen molar-refractivity contribution in [2.24, 2.45) is 0 Å². The van der Waals surface area contributed by atoms with Gasteiger partial charge in [-0.25, -0.2) is 9.97 Å². The van der Waals surface area contributed by atoms with Gasteiger partial charge < -0.3 is 4.98 Å². The SMILES string of the molecule is SCC#Cc1cnc2nc[nH]c2c1. The molecule has 0 saturated heterocycles. The van der Waals surface area contributed by atoms with E-state index in [4.69, 9.17) is 0 Å². The second kappa shape index (κ2) is 3.50. The summed E-state index contributed by atoms with van der Waals surface area (Å²) >= 11 is 4.00. The van der Waals surface area contributed by atoms with Gasteiger partial charge in [0.2, 0.25) is 0 Å². The van der Waals surface area contributed by atoms with Crippen molar-refractivity contribution in [3.05, 3.63) is 24.2 Å². The number of pyridine rings is 1. The lowest BCUT2D eigenvalue weighted by Crippen LogP contribution is -1.80. The average molecular weight is 189 g/mol. The van der Waals surface area contributed by atoms with Gasteiger partial charge >= 0.3 is 0 Å². The first-order valence-electron chi connectivity index (χ1n) is 3.79. The Kier molecular flexibility index (Phi) is 2.19. The molecule has 4 heteroatoms. The van der Waals surface area contributed by atoms with E-state index in [1.807, 2.05) is 6.07 Å². The quantitative estimate of drug-likeness (QED) is 0.483. The van der Waals surface area contributed by atoms with Crippen LogP contribution in [0.15, 0.2) is 18.6 Å². The number of thiol groups is 1. The molecule has 2 heterocycles. The number of rotatable bonds is 0. The molecule has 0 radical (unpaired) electrons. The summed E-state index contributed by atoms with van der Waals surface area (Å²) in [7, 11) is 0. The molecule has 0 aromatic carbocycles. The normalized spacial score (nSPS) is 9.62. The molecule has 3 nitrogen and oxygen atoms in total. The smallest absolute Gasteiger partial charge is 0.177 e. The van der Waals surface area contributed by atoms with Crippen LogP contribution >= 0.6 is 12.6 Å². The maximum Gasteiger partial charge on any atom is 0.177 e. The molecule has 2 rings (SSSR count). The van der Waals surface area contributed by atoms with E-state index in [9.17, 15) is 0 Å². The molecule has 0 aliphatic rings. The van der Waals surface area contributed by atoms with Crippen molar-refractivity contribution in [3.8, 4) is 11.8 Å². The number of fused-ring (bicyclic) bond motifs is 1. The van der Waals surface area contributed by atoms with E-state index in [1.165, 1.54) is 0 Å². The van der Waals surface area contributed by atoms with Gasteiger partial charge in [-0.15, -0.1) is 0 Å². The van der Waals surface area contributed by atoms with Gasteiger partial charge in [0, 0.05) is 11.8 Å². The Hall–Kier alpha value is -1.47. The predicted molar refractivity (Wildman–Crippen MR) is 54.6 cm³/mol. The van der Waals surface area contributed by atoms with Gasteiger partial charge in [-0.3, -0.25) is 0 Å². The Balaban J connectivity index is 2.48. The largest absolute Gasteiger partial charge is 0.343 e. The van der Waals surface area contributed by atoms with Crippen LogP contribution in [-0.4, -0.2) is 20.7 Å². The van der Waals surface area contributed by atoms with E-state index in [0.29, 0.717) is 5.75 Å². The number of hydrogen-bond acceptors (Lipinski definition) is 3. The van der Waals surface area contributed by atoms with Crippen LogP contribution < -0.4 is 0 Å². The second-order valence-corrected chi connectivity index (χ2v) is 2.77. The van der Waals surface area contributed by atoms with E-state index >= 15 is 0 Å². The van der Waals surface area contributed by atoms with Crippen LogP contribution in [0.25, 0.3) is 11.2 Å². The fourth-order valence-electron chi connectivity index (χ4n) is 1.04. The van der Waals surface area contributed by atoms with Crippen LogP contribution in [0.4, 0.5) is 0 Å². The summed E-state index contributed by atoms with van der Waals surface area (Å²) in [5.41, 5.74) is 2.51. The molecular formula is C9H7N3S. The number of H-pyrrole nitrogens is 1. The van der Waals surface area contributed by atoms with Crippen LogP contribution in [0, 0.1) is 11.8 Å². The van der Waals surface area contributed by atoms with Crippen LogP contribution in [0.2, 0.25) is 0 Å². The fourth-order valence-corrected chi connectivity index (χ4v) is 1.12. The first-order chi connectivity index (χ1) is 6.40. The van der Waals surface area contributed by atoms with Crippen molar-refractivity contribution in [2.75, 3.05) is 5.75 Å². The van der Waals surface area contributed by atoms with Crippen molar-refractivity contribution in [1.29, 1.82) is 0 Å². The first-order valence-corrected chi connectivity index (χ1v) is 4.42. The number of aromatic nitrogens is 3. The molecule has 0 saturated carbocycles. The third kappa shape index (κ3) is 1.65. The zero-order valence-corrected chi connectivity index (χ0v) is 7.68. The van der Waals surface area contributed by atoms with Gasteiger partial charge in [0.05, 0.1) is 17.6 Å². The third-order valence-corrected chi connectivity index (χ3v) is 1.74. The number of nitrogens with one attached hydrogen (secondary N) is 1. The monoisotopic (exact) mass is 189 g/mol. The summed E-state index contributed by atoms with van der Waals surface area (Å²) in [4.78, 5) is 11.1. The maximum absolute atomic E-state index is 4.12. The Morgan fingerprint density at radius 2 is 2.38 bits per heavy atom. The van der Waals surface area contributed by atoms with Gasteiger partial charge in [0.25, 0.3) is 0 Å². The minimum absolute atomic E-state index is 0.557. The van der Waals surface area contributed by atoms with E-state index < -0.39 is 0 Å². The lowest BCUT2D eigenvalue weighted by atomic mass is 10.3. The Morgan fingerprint density at radius 3 is 3.23 bits per heavy atom. The summed E-state index contributed by atoms with van der Waals surface area (Å²) < 4.78 is 0. The zero-order chi connectivity index (χ0) is 9.10. The van der Waals surface area contributed by atoms with Gasteiger partial charge in [0.1, 0.15) is 0 Å². The highest BCUT2D eigenvalue weighted by atomic mass is 32.1. The Labute approximate surface area is 81.0 Å². The highest BCUT2D eigenvalue weighted by Gasteiger charge is 1.96. The summed E-state index contributed by atoms with van der Waals surface area (Å²) in [6, 6.07) is 1.92. The van der Waals surface area contributed by atoms with Crippen LogP contribution in [0.5, 0.6) is 0 Å². The molecule has 0 fully saturated rings. The Bertz CT molecular complexity index is 478. The van der Waals surface area contributed by atoms with Crippen LogP contribution in [0.1, 0.15) is 5.56 Å². The highest BCUT2D eigenvalue weighted by molar-refractivity contribution is 7.80.